The summed E-state index contributed by atoms with van der Waals surface area (Å²) in [5.41, 5.74) is 2.93. The second-order valence-electron chi connectivity index (χ2n) is 8.30. The van der Waals surface area contributed by atoms with E-state index in [1.807, 2.05) is 32.9 Å². The Bertz CT molecular complexity index is 1110. The lowest BCUT2D eigenvalue weighted by Gasteiger charge is -2.28. The zero-order valence-electron chi connectivity index (χ0n) is 19.3. The first-order valence-corrected chi connectivity index (χ1v) is 10.3. The van der Waals surface area contributed by atoms with Gasteiger partial charge in [0.05, 0.1) is 24.1 Å². The third-order valence-corrected chi connectivity index (χ3v) is 5.72. The molecule has 0 atom stereocenters. The van der Waals surface area contributed by atoms with E-state index in [0.29, 0.717) is 24.5 Å². The molecule has 0 spiro atoms. The Balaban J connectivity index is 1.88. The number of rotatable bonds is 8. The van der Waals surface area contributed by atoms with Crippen LogP contribution in [0.15, 0.2) is 65.5 Å². The summed E-state index contributed by atoms with van der Waals surface area (Å²) in [7, 11) is 0. The van der Waals surface area contributed by atoms with Gasteiger partial charge < -0.3 is 9.42 Å². The quantitative estimate of drug-likeness (QED) is 0.455. The molecule has 3 amide bonds. The van der Waals surface area contributed by atoms with Gasteiger partial charge in [-0.3, -0.25) is 9.48 Å². The number of carbonyl (C=O) groups is 2. The van der Waals surface area contributed by atoms with Crippen LogP contribution in [0.4, 0.5) is 10.5 Å². The van der Waals surface area contributed by atoms with E-state index < -0.39 is 5.54 Å². The minimum Gasteiger partial charge on any atom is -0.361 e. The topological polar surface area (TPSA) is 84.5 Å². The molecule has 0 bridgehead atoms. The Morgan fingerprint density at radius 1 is 1.25 bits per heavy atom. The molecule has 0 saturated carbocycles. The minimum atomic E-state index is -1.00. The lowest BCUT2D eigenvalue weighted by molar-refractivity contribution is -0.123. The number of aromatic nitrogens is 3. The second kappa shape index (κ2) is 8.82. The van der Waals surface area contributed by atoms with Gasteiger partial charge in [0, 0.05) is 18.3 Å². The molecule has 0 radical (unpaired) electrons. The van der Waals surface area contributed by atoms with Gasteiger partial charge in [-0.25, -0.2) is 9.69 Å². The normalized spacial score (nSPS) is 16.8. The van der Waals surface area contributed by atoms with Crippen LogP contribution in [-0.2, 0) is 11.3 Å². The maximum Gasteiger partial charge on any atom is 0.332 e. The molecule has 8 heteroatoms. The average Bonchev–Trinajstić information content (AvgIpc) is 3.38. The molecule has 1 fully saturated rings. The van der Waals surface area contributed by atoms with Crippen LogP contribution < -0.4 is 4.90 Å². The Hall–Kier alpha value is -3.68. The summed E-state index contributed by atoms with van der Waals surface area (Å²) in [5.74, 6) is 0.417. The van der Waals surface area contributed by atoms with E-state index in [1.165, 1.54) is 11.1 Å². The van der Waals surface area contributed by atoms with Gasteiger partial charge in [0.1, 0.15) is 11.3 Å². The first-order valence-electron chi connectivity index (χ1n) is 10.3. The number of urea groups is 1. The molecule has 0 unspecified atom stereocenters. The van der Waals surface area contributed by atoms with E-state index in [0.717, 1.165) is 22.4 Å². The van der Waals surface area contributed by atoms with Gasteiger partial charge in [-0.2, -0.15) is 5.10 Å². The number of nitrogens with zero attached hydrogens (tertiary/aromatic N) is 5. The average molecular weight is 436 g/mol. The van der Waals surface area contributed by atoms with Crippen LogP contribution in [0, 0.1) is 13.8 Å². The monoisotopic (exact) mass is 435 g/mol. The zero-order chi connectivity index (χ0) is 23.6. The van der Waals surface area contributed by atoms with Gasteiger partial charge in [-0.15, -0.1) is 0 Å². The van der Waals surface area contributed by atoms with Gasteiger partial charge >= 0.3 is 6.03 Å². The summed E-state index contributed by atoms with van der Waals surface area (Å²) in [6.07, 6.45) is 10.3. The molecule has 0 N–H and O–H groups in total. The zero-order valence-corrected chi connectivity index (χ0v) is 19.3. The van der Waals surface area contributed by atoms with E-state index in [-0.39, 0.29) is 11.9 Å². The minimum absolute atomic E-state index is 0.296. The number of hydrogen-bond acceptors (Lipinski definition) is 5. The number of allylic oxidation sites excluding steroid dienone is 5. The van der Waals surface area contributed by atoms with E-state index >= 15 is 0 Å². The number of carbonyl (C=O) groups excluding carboxylic acids is 2. The molecule has 32 heavy (non-hydrogen) atoms. The Morgan fingerprint density at radius 2 is 1.97 bits per heavy atom. The molecule has 168 valence electrons. The molecule has 1 aliphatic rings. The highest BCUT2D eigenvalue weighted by atomic mass is 16.5. The van der Waals surface area contributed by atoms with Crippen LogP contribution in [0.5, 0.6) is 0 Å². The van der Waals surface area contributed by atoms with Crippen molar-refractivity contribution in [2.24, 2.45) is 0 Å². The van der Waals surface area contributed by atoms with Crippen LogP contribution in [0.25, 0.3) is 0 Å². The predicted octanol–water partition coefficient (Wildman–Crippen LogP) is 4.33. The number of hydrogen-bond donors (Lipinski definition) is 0. The maximum atomic E-state index is 13.3. The van der Waals surface area contributed by atoms with Gasteiger partial charge in [-0.1, -0.05) is 42.6 Å². The molecular weight excluding hydrogens is 406 g/mol. The smallest absolute Gasteiger partial charge is 0.332 e. The summed E-state index contributed by atoms with van der Waals surface area (Å²) in [5, 5.41) is 8.29. The van der Waals surface area contributed by atoms with Crippen molar-refractivity contribution in [1.29, 1.82) is 0 Å². The van der Waals surface area contributed by atoms with Crippen molar-refractivity contribution in [3.63, 3.8) is 0 Å². The molecular formula is C24H29N5O3. The highest BCUT2D eigenvalue weighted by Gasteiger charge is 2.52. The van der Waals surface area contributed by atoms with Crippen molar-refractivity contribution >= 4 is 17.6 Å². The fraction of sp³-hybridized carbons (Fsp3) is 0.333. The fourth-order valence-corrected chi connectivity index (χ4v) is 3.66. The molecule has 2 aromatic heterocycles. The molecule has 3 rings (SSSR count). The number of aryl methyl sites for hydroxylation is 2. The Morgan fingerprint density at radius 3 is 2.56 bits per heavy atom. The van der Waals surface area contributed by atoms with Crippen molar-refractivity contribution in [1.82, 2.24) is 19.8 Å². The van der Waals surface area contributed by atoms with Crippen molar-refractivity contribution in [3.05, 3.63) is 78.0 Å². The van der Waals surface area contributed by atoms with Crippen molar-refractivity contribution < 1.29 is 14.1 Å². The van der Waals surface area contributed by atoms with Crippen molar-refractivity contribution in [3.8, 4) is 0 Å². The molecule has 1 aliphatic heterocycles. The largest absolute Gasteiger partial charge is 0.361 e. The summed E-state index contributed by atoms with van der Waals surface area (Å²) < 4.78 is 6.87. The molecule has 1 saturated heterocycles. The number of anilines is 1. The second-order valence-corrected chi connectivity index (χ2v) is 8.30. The SMILES string of the molecule is C=C/C=C\C(C=C)=C(/C)CN1C(=O)N(c2cnn(Cc3c(C)noc3C)c2)C(=O)C1(C)C. The first kappa shape index (κ1) is 23.0. The fourth-order valence-electron chi connectivity index (χ4n) is 3.66. The van der Waals surface area contributed by atoms with E-state index in [2.05, 4.69) is 23.4 Å². The summed E-state index contributed by atoms with van der Waals surface area (Å²) in [4.78, 5) is 29.3. The third-order valence-electron chi connectivity index (χ3n) is 5.72. The van der Waals surface area contributed by atoms with Gasteiger partial charge in [0.15, 0.2) is 0 Å². The van der Waals surface area contributed by atoms with Crippen LogP contribution in [0.1, 0.15) is 37.8 Å². The number of amides is 3. The van der Waals surface area contributed by atoms with Crippen LogP contribution in [-0.4, -0.2) is 43.9 Å². The molecule has 3 heterocycles. The highest BCUT2D eigenvalue weighted by molar-refractivity contribution is 6.22. The molecule has 2 aromatic rings. The summed E-state index contributed by atoms with van der Waals surface area (Å²) >= 11 is 0. The molecule has 0 aliphatic carbocycles. The van der Waals surface area contributed by atoms with E-state index in [9.17, 15) is 9.59 Å². The third kappa shape index (κ3) is 4.08. The molecule has 8 nitrogen and oxygen atoms in total. The van der Waals surface area contributed by atoms with Gasteiger partial charge in [0.2, 0.25) is 0 Å². The van der Waals surface area contributed by atoms with Gasteiger partial charge in [0.25, 0.3) is 5.91 Å². The molecule has 0 aromatic carbocycles. The standard InChI is InChI=1S/C24H29N5O3/c1-8-10-11-19(9-2)16(3)13-28-23(31)29(22(30)24(28,6)7)20-12-25-27(14-20)15-21-17(4)26-32-18(21)5/h8-12,14H,1-2,13,15H2,3-7H3/b11-10-,19-16+. The first-order chi connectivity index (χ1) is 15.1. The maximum absolute atomic E-state index is 13.3. The van der Waals surface area contributed by atoms with Crippen LogP contribution >= 0.6 is 0 Å². The van der Waals surface area contributed by atoms with Crippen LogP contribution in [0.2, 0.25) is 0 Å². The lowest BCUT2D eigenvalue weighted by atomic mass is 10.0. The lowest BCUT2D eigenvalue weighted by Crippen LogP contribution is -2.45. The van der Waals surface area contributed by atoms with E-state index in [4.69, 9.17) is 4.52 Å². The summed E-state index contributed by atoms with van der Waals surface area (Å²) in [6.45, 7) is 17.4. The Kier molecular flexibility index (Phi) is 6.34. The van der Waals surface area contributed by atoms with Crippen LogP contribution in [0.3, 0.4) is 0 Å². The van der Waals surface area contributed by atoms with Crippen molar-refractivity contribution in [2.45, 2.75) is 46.7 Å². The van der Waals surface area contributed by atoms with E-state index in [1.54, 1.807) is 41.8 Å². The van der Waals surface area contributed by atoms with Crippen molar-refractivity contribution in [2.75, 3.05) is 11.4 Å². The summed E-state index contributed by atoms with van der Waals surface area (Å²) in [6, 6.07) is -0.382. The predicted molar refractivity (Wildman–Crippen MR) is 123 cm³/mol. The van der Waals surface area contributed by atoms with Gasteiger partial charge in [-0.05, 0) is 45.8 Å². The number of imide groups is 1. The Labute approximate surface area is 188 Å². The highest BCUT2D eigenvalue weighted by Crippen LogP contribution is 2.33.